The van der Waals surface area contributed by atoms with Crippen LogP contribution >= 0.6 is 0 Å². The van der Waals surface area contributed by atoms with Crippen LogP contribution in [0.3, 0.4) is 0 Å². The van der Waals surface area contributed by atoms with Crippen molar-refractivity contribution in [1.82, 2.24) is 0 Å². The van der Waals surface area contributed by atoms with Crippen LogP contribution in [0.15, 0.2) is 42.5 Å². The molecule has 2 aromatic rings. The van der Waals surface area contributed by atoms with Crippen LogP contribution in [0.4, 0.5) is 0 Å². The Bertz CT molecular complexity index is 516. The van der Waals surface area contributed by atoms with Crippen LogP contribution in [0.1, 0.15) is 22.3 Å². The minimum atomic E-state index is 0.313. The monoisotopic (exact) mass is 224 g/mol. The van der Waals surface area contributed by atoms with Crippen LogP contribution in [0, 0.1) is 13.8 Å². The van der Waals surface area contributed by atoms with E-state index in [1.54, 1.807) is 12.1 Å². The maximum atomic E-state index is 9.49. The van der Waals surface area contributed by atoms with E-state index >= 15 is 0 Å². The Morgan fingerprint density at radius 3 is 2.06 bits per heavy atom. The SMILES string of the molecule is Cc1ccc(/C=C\c2cc(C)cc(O)c2)cc1. The van der Waals surface area contributed by atoms with Crippen LogP contribution in [0.2, 0.25) is 0 Å². The van der Waals surface area contributed by atoms with E-state index in [1.807, 2.05) is 25.1 Å². The molecule has 86 valence electrons. The van der Waals surface area contributed by atoms with E-state index in [-0.39, 0.29) is 0 Å². The molecule has 0 aliphatic heterocycles. The summed E-state index contributed by atoms with van der Waals surface area (Å²) in [6.45, 7) is 4.05. The average molecular weight is 224 g/mol. The summed E-state index contributed by atoms with van der Waals surface area (Å²) >= 11 is 0. The molecule has 0 bridgehead atoms. The van der Waals surface area contributed by atoms with Gasteiger partial charge in [0.1, 0.15) is 5.75 Å². The van der Waals surface area contributed by atoms with Crippen molar-refractivity contribution >= 4 is 12.2 Å². The van der Waals surface area contributed by atoms with E-state index in [0.29, 0.717) is 5.75 Å². The van der Waals surface area contributed by atoms with Crippen LogP contribution < -0.4 is 0 Å². The van der Waals surface area contributed by atoms with Crippen molar-refractivity contribution in [3.8, 4) is 5.75 Å². The van der Waals surface area contributed by atoms with Gasteiger partial charge in [-0.3, -0.25) is 0 Å². The highest BCUT2D eigenvalue weighted by atomic mass is 16.3. The van der Waals surface area contributed by atoms with Gasteiger partial charge in [0.15, 0.2) is 0 Å². The molecule has 0 heterocycles. The summed E-state index contributed by atoms with van der Waals surface area (Å²) in [4.78, 5) is 0. The van der Waals surface area contributed by atoms with Gasteiger partial charge in [-0.1, -0.05) is 48.0 Å². The minimum absolute atomic E-state index is 0.313. The van der Waals surface area contributed by atoms with Crippen molar-refractivity contribution in [2.75, 3.05) is 0 Å². The summed E-state index contributed by atoms with van der Waals surface area (Å²) in [5, 5.41) is 9.49. The highest BCUT2D eigenvalue weighted by Crippen LogP contribution is 2.17. The molecule has 2 aromatic carbocycles. The summed E-state index contributed by atoms with van der Waals surface area (Å²) in [6, 6.07) is 13.9. The van der Waals surface area contributed by atoms with Crippen LogP contribution in [-0.2, 0) is 0 Å². The van der Waals surface area contributed by atoms with E-state index in [4.69, 9.17) is 0 Å². The first-order chi connectivity index (χ1) is 8.13. The molecule has 17 heavy (non-hydrogen) atoms. The van der Waals surface area contributed by atoms with Gasteiger partial charge in [-0.25, -0.2) is 0 Å². The van der Waals surface area contributed by atoms with Crippen molar-refractivity contribution in [3.63, 3.8) is 0 Å². The third-order valence-electron chi connectivity index (χ3n) is 2.63. The zero-order valence-corrected chi connectivity index (χ0v) is 10.1. The molecule has 0 saturated heterocycles. The second-order valence-electron chi connectivity index (χ2n) is 4.35. The maximum Gasteiger partial charge on any atom is 0.116 e. The van der Waals surface area contributed by atoms with Gasteiger partial charge in [-0.05, 0) is 42.7 Å². The molecular weight excluding hydrogens is 208 g/mol. The molecule has 1 heteroatoms. The summed E-state index contributed by atoms with van der Waals surface area (Å²) in [5.74, 6) is 0.313. The number of phenols is 1. The summed E-state index contributed by atoms with van der Waals surface area (Å²) < 4.78 is 0. The fraction of sp³-hybridized carbons (Fsp3) is 0.125. The molecule has 0 spiro atoms. The van der Waals surface area contributed by atoms with Crippen molar-refractivity contribution in [1.29, 1.82) is 0 Å². The van der Waals surface area contributed by atoms with Crippen molar-refractivity contribution < 1.29 is 5.11 Å². The smallest absolute Gasteiger partial charge is 0.116 e. The van der Waals surface area contributed by atoms with Crippen LogP contribution in [0.5, 0.6) is 5.75 Å². The lowest BCUT2D eigenvalue weighted by Gasteiger charge is -1.99. The van der Waals surface area contributed by atoms with Crippen LogP contribution in [0.25, 0.3) is 12.2 Å². The number of rotatable bonds is 2. The fourth-order valence-electron chi connectivity index (χ4n) is 1.76. The highest BCUT2D eigenvalue weighted by Gasteiger charge is 1.94. The first kappa shape index (κ1) is 11.5. The number of benzene rings is 2. The van der Waals surface area contributed by atoms with E-state index in [0.717, 1.165) is 16.7 Å². The lowest BCUT2D eigenvalue weighted by atomic mass is 10.1. The van der Waals surface area contributed by atoms with Crippen molar-refractivity contribution in [2.24, 2.45) is 0 Å². The number of hydrogen-bond donors (Lipinski definition) is 1. The molecule has 0 aromatic heterocycles. The first-order valence-electron chi connectivity index (χ1n) is 5.69. The predicted octanol–water partition coefficient (Wildman–Crippen LogP) is 4.18. The van der Waals surface area contributed by atoms with Gasteiger partial charge in [0.05, 0.1) is 0 Å². The van der Waals surface area contributed by atoms with Gasteiger partial charge in [-0.15, -0.1) is 0 Å². The molecule has 0 radical (unpaired) electrons. The van der Waals surface area contributed by atoms with E-state index in [2.05, 4.69) is 31.2 Å². The molecule has 2 rings (SSSR count). The molecule has 0 aliphatic rings. The molecule has 0 saturated carbocycles. The largest absolute Gasteiger partial charge is 0.508 e. The van der Waals surface area contributed by atoms with E-state index in [1.165, 1.54) is 5.56 Å². The quantitative estimate of drug-likeness (QED) is 0.759. The van der Waals surface area contributed by atoms with Gasteiger partial charge < -0.3 is 5.11 Å². The molecule has 0 amide bonds. The summed E-state index contributed by atoms with van der Waals surface area (Å²) in [7, 11) is 0. The Kier molecular flexibility index (Phi) is 3.29. The Labute approximate surface area is 102 Å². The van der Waals surface area contributed by atoms with Gasteiger partial charge in [0, 0.05) is 0 Å². The number of hydrogen-bond acceptors (Lipinski definition) is 1. The molecule has 0 fully saturated rings. The van der Waals surface area contributed by atoms with Gasteiger partial charge in [0.25, 0.3) is 0 Å². The maximum absolute atomic E-state index is 9.49. The molecule has 1 N–H and O–H groups in total. The Balaban J connectivity index is 2.22. The van der Waals surface area contributed by atoms with Gasteiger partial charge in [-0.2, -0.15) is 0 Å². The third kappa shape index (κ3) is 3.22. The second-order valence-corrected chi connectivity index (χ2v) is 4.35. The minimum Gasteiger partial charge on any atom is -0.508 e. The third-order valence-corrected chi connectivity index (χ3v) is 2.63. The molecule has 0 unspecified atom stereocenters. The number of aromatic hydroxyl groups is 1. The Hall–Kier alpha value is -2.02. The van der Waals surface area contributed by atoms with Crippen LogP contribution in [-0.4, -0.2) is 5.11 Å². The Morgan fingerprint density at radius 2 is 1.41 bits per heavy atom. The average Bonchev–Trinajstić information content (AvgIpc) is 2.27. The number of aryl methyl sites for hydroxylation is 2. The topological polar surface area (TPSA) is 20.2 Å². The van der Waals surface area contributed by atoms with Crippen molar-refractivity contribution in [2.45, 2.75) is 13.8 Å². The number of phenolic OH excluding ortho intramolecular Hbond substituents is 1. The van der Waals surface area contributed by atoms with Crippen molar-refractivity contribution in [3.05, 3.63) is 64.7 Å². The molecule has 0 aliphatic carbocycles. The fourth-order valence-corrected chi connectivity index (χ4v) is 1.76. The highest BCUT2D eigenvalue weighted by molar-refractivity contribution is 5.70. The first-order valence-corrected chi connectivity index (χ1v) is 5.69. The molecular formula is C16H16O. The van der Waals surface area contributed by atoms with Gasteiger partial charge >= 0.3 is 0 Å². The van der Waals surface area contributed by atoms with E-state index in [9.17, 15) is 5.11 Å². The normalized spacial score (nSPS) is 10.9. The lowest BCUT2D eigenvalue weighted by Crippen LogP contribution is -1.77. The molecule has 1 nitrogen and oxygen atoms in total. The summed E-state index contributed by atoms with van der Waals surface area (Å²) in [6.07, 6.45) is 4.06. The van der Waals surface area contributed by atoms with E-state index < -0.39 is 0 Å². The lowest BCUT2D eigenvalue weighted by molar-refractivity contribution is 0.475. The zero-order valence-electron chi connectivity index (χ0n) is 10.1. The second kappa shape index (κ2) is 4.88. The zero-order chi connectivity index (χ0) is 12.3. The predicted molar refractivity (Wildman–Crippen MR) is 73.0 cm³/mol. The Morgan fingerprint density at radius 1 is 0.765 bits per heavy atom. The van der Waals surface area contributed by atoms with Gasteiger partial charge in [0.2, 0.25) is 0 Å². The summed E-state index contributed by atoms with van der Waals surface area (Å²) in [5.41, 5.74) is 4.50. The standard InChI is InChI=1S/C16H16O/c1-12-3-5-14(6-4-12)7-8-15-9-13(2)10-16(17)11-15/h3-11,17H,1-2H3/b8-7-. The molecule has 0 atom stereocenters.